The van der Waals surface area contributed by atoms with E-state index >= 15 is 0 Å². The van der Waals surface area contributed by atoms with Crippen molar-refractivity contribution >= 4 is 15.8 Å². The minimum absolute atomic E-state index is 0.0505. The lowest BCUT2D eigenvalue weighted by Crippen LogP contribution is -2.38. The van der Waals surface area contributed by atoms with E-state index in [0.717, 1.165) is 25.3 Å². The molecule has 110 valence electrons. The Labute approximate surface area is 119 Å². The van der Waals surface area contributed by atoms with Gasteiger partial charge in [-0.3, -0.25) is 0 Å². The van der Waals surface area contributed by atoms with E-state index in [4.69, 9.17) is 10.9 Å². The summed E-state index contributed by atoms with van der Waals surface area (Å²) in [6, 6.07) is 3.52. The van der Waals surface area contributed by atoms with Crippen LogP contribution in [0.25, 0.3) is 0 Å². The molecule has 3 unspecified atom stereocenters. The van der Waals surface area contributed by atoms with Crippen LogP contribution in [0, 0.1) is 11.8 Å². The van der Waals surface area contributed by atoms with Crippen molar-refractivity contribution in [2.24, 2.45) is 22.7 Å². The van der Waals surface area contributed by atoms with Crippen molar-refractivity contribution in [1.29, 1.82) is 0 Å². The summed E-state index contributed by atoms with van der Waals surface area (Å²) in [6.45, 7) is 1.87. The first-order valence-corrected chi connectivity index (χ1v) is 8.49. The molecule has 4 N–H and O–H groups in total. The SMILES string of the molecule is NC1CCCC2CN(c3ccc(S(N)(=O)=O)cn3)CC12. The number of nitrogens with two attached hydrogens (primary N) is 2. The topological polar surface area (TPSA) is 102 Å². The van der Waals surface area contributed by atoms with Gasteiger partial charge in [-0.1, -0.05) is 6.42 Å². The Morgan fingerprint density at radius 2 is 2.05 bits per heavy atom. The quantitative estimate of drug-likeness (QED) is 0.816. The molecule has 0 bridgehead atoms. The first kappa shape index (κ1) is 13.8. The smallest absolute Gasteiger partial charge is 0.239 e. The number of aromatic nitrogens is 1. The number of pyridine rings is 1. The highest BCUT2D eigenvalue weighted by Gasteiger charge is 2.39. The number of hydrogen-bond donors (Lipinski definition) is 2. The highest BCUT2D eigenvalue weighted by atomic mass is 32.2. The number of rotatable bonds is 2. The Bertz CT molecular complexity index is 587. The van der Waals surface area contributed by atoms with Crippen LogP contribution in [0.4, 0.5) is 5.82 Å². The maximum Gasteiger partial charge on any atom is 0.239 e. The van der Waals surface area contributed by atoms with Crippen molar-refractivity contribution < 1.29 is 8.42 Å². The summed E-state index contributed by atoms with van der Waals surface area (Å²) in [7, 11) is -3.67. The van der Waals surface area contributed by atoms with Crippen molar-refractivity contribution in [2.75, 3.05) is 18.0 Å². The molecule has 6 nitrogen and oxygen atoms in total. The molecule has 1 aliphatic heterocycles. The highest BCUT2D eigenvalue weighted by Crippen LogP contribution is 2.37. The molecule has 0 aromatic carbocycles. The predicted octanol–water partition coefficient (Wildman–Crippen LogP) is 0.293. The molecule has 1 aliphatic carbocycles. The number of fused-ring (bicyclic) bond motifs is 1. The Hall–Kier alpha value is -1.18. The summed E-state index contributed by atoms with van der Waals surface area (Å²) in [5, 5.41) is 5.08. The predicted molar refractivity (Wildman–Crippen MR) is 76.6 cm³/mol. The fourth-order valence-corrected chi connectivity index (χ4v) is 3.89. The molecule has 3 atom stereocenters. The van der Waals surface area contributed by atoms with E-state index in [-0.39, 0.29) is 10.9 Å². The zero-order chi connectivity index (χ0) is 14.3. The van der Waals surface area contributed by atoms with Gasteiger partial charge in [0.2, 0.25) is 10.0 Å². The van der Waals surface area contributed by atoms with Crippen LogP contribution in [0.2, 0.25) is 0 Å². The third-order valence-electron chi connectivity index (χ3n) is 4.53. The largest absolute Gasteiger partial charge is 0.356 e. The van der Waals surface area contributed by atoms with Crippen LogP contribution in [0.15, 0.2) is 23.2 Å². The van der Waals surface area contributed by atoms with Gasteiger partial charge in [-0.05, 0) is 36.8 Å². The standard InChI is InChI=1S/C13H20N4O2S/c14-12-3-1-2-9-7-17(8-11(9)12)13-5-4-10(6-16-13)20(15,18)19/h4-6,9,11-12H,1-3,7-8,14H2,(H2,15,18,19). The normalized spacial score (nSPS) is 30.3. The second kappa shape index (κ2) is 4.98. The van der Waals surface area contributed by atoms with Crippen molar-refractivity contribution in [1.82, 2.24) is 4.98 Å². The molecule has 1 saturated heterocycles. The molecular formula is C13H20N4O2S. The molecule has 1 saturated carbocycles. The molecule has 2 aliphatic rings. The molecule has 2 heterocycles. The van der Waals surface area contributed by atoms with Crippen LogP contribution in [0.1, 0.15) is 19.3 Å². The van der Waals surface area contributed by atoms with Crippen LogP contribution in [-0.2, 0) is 10.0 Å². The summed E-state index contributed by atoms with van der Waals surface area (Å²) < 4.78 is 22.4. The molecule has 0 spiro atoms. The maximum atomic E-state index is 11.2. The van der Waals surface area contributed by atoms with Gasteiger partial charge in [-0.25, -0.2) is 18.5 Å². The van der Waals surface area contributed by atoms with Gasteiger partial charge in [-0.15, -0.1) is 0 Å². The number of nitrogens with zero attached hydrogens (tertiary/aromatic N) is 2. The van der Waals surface area contributed by atoms with E-state index in [0.29, 0.717) is 11.8 Å². The van der Waals surface area contributed by atoms with Crippen LogP contribution >= 0.6 is 0 Å². The van der Waals surface area contributed by atoms with Gasteiger partial charge in [0, 0.05) is 25.3 Å². The molecular weight excluding hydrogens is 276 g/mol. The van der Waals surface area contributed by atoms with Crippen LogP contribution in [-0.4, -0.2) is 32.5 Å². The van der Waals surface area contributed by atoms with Gasteiger partial charge in [0.1, 0.15) is 10.7 Å². The molecule has 1 aromatic heterocycles. The van der Waals surface area contributed by atoms with Crippen LogP contribution < -0.4 is 15.8 Å². The maximum absolute atomic E-state index is 11.2. The van der Waals surface area contributed by atoms with Crippen LogP contribution in [0.5, 0.6) is 0 Å². The Morgan fingerprint density at radius 3 is 2.65 bits per heavy atom. The third kappa shape index (κ3) is 2.53. The molecule has 3 rings (SSSR count). The fourth-order valence-electron chi connectivity index (χ4n) is 3.43. The van der Waals surface area contributed by atoms with Gasteiger partial charge in [0.25, 0.3) is 0 Å². The number of primary sulfonamides is 1. The van der Waals surface area contributed by atoms with Crippen molar-refractivity contribution in [3.8, 4) is 0 Å². The number of hydrogen-bond acceptors (Lipinski definition) is 5. The molecule has 20 heavy (non-hydrogen) atoms. The summed E-state index contributed by atoms with van der Waals surface area (Å²) in [5.74, 6) is 1.97. The average Bonchev–Trinajstić information content (AvgIpc) is 2.83. The van der Waals surface area contributed by atoms with E-state index < -0.39 is 10.0 Å². The average molecular weight is 296 g/mol. The Kier molecular flexibility index (Phi) is 3.43. The number of sulfonamides is 1. The second-order valence-electron chi connectivity index (χ2n) is 5.82. The van der Waals surface area contributed by atoms with Crippen LogP contribution in [0.3, 0.4) is 0 Å². The van der Waals surface area contributed by atoms with E-state index in [1.165, 1.54) is 25.1 Å². The van der Waals surface area contributed by atoms with Gasteiger partial charge >= 0.3 is 0 Å². The second-order valence-corrected chi connectivity index (χ2v) is 7.38. The molecule has 7 heteroatoms. The minimum Gasteiger partial charge on any atom is -0.356 e. The third-order valence-corrected chi connectivity index (χ3v) is 5.43. The van der Waals surface area contributed by atoms with Crippen molar-refractivity contribution in [3.63, 3.8) is 0 Å². The van der Waals surface area contributed by atoms with E-state index in [1.54, 1.807) is 6.07 Å². The van der Waals surface area contributed by atoms with Gasteiger partial charge in [0.05, 0.1) is 0 Å². The lowest BCUT2D eigenvalue weighted by molar-refractivity contribution is 0.260. The summed E-state index contributed by atoms with van der Waals surface area (Å²) >= 11 is 0. The lowest BCUT2D eigenvalue weighted by atomic mass is 9.78. The zero-order valence-electron chi connectivity index (χ0n) is 11.3. The molecule has 0 radical (unpaired) electrons. The molecule has 0 amide bonds. The summed E-state index contributed by atoms with van der Waals surface area (Å²) in [5.41, 5.74) is 6.20. The Balaban J connectivity index is 1.78. The van der Waals surface area contributed by atoms with Crippen molar-refractivity contribution in [2.45, 2.75) is 30.2 Å². The first-order chi connectivity index (χ1) is 9.45. The molecule has 2 fully saturated rings. The summed E-state index contributed by atoms with van der Waals surface area (Å²) in [4.78, 5) is 6.49. The highest BCUT2D eigenvalue weighted by molar-refractivity contribution is 7.89. The van der Waals surface area contributed by atoms with E-state index in [1.807, 2.05) is 0 Å². The fraction of sp³-hybridized carbons (Fsp3) is 0.615. The van der Waals surface area contributed by atoms with E-state index in [2.05, 4.69) is 9.88 Å². The van der Waals surface area contributed by atoms with Gasteiger partial charge < -0.3 is 10.6 Å². The van der Waals surface area contributed by atoms with Gasteiger partial charge in [-0.2, -0.15) is 0 Å². The Morgan fingerprint density at radius 1 is 1.25 bits per heavy atom. The van der Waals surface area contributed by atoms with Crippen molar-refractivity contribution in [3.05, 3.63) is 18.3 Å². The monoisotopic (exact) mass is 296 g/mol. The van der Waals surface area contributed by atoms with Gasteiger partial charge in [0.15, 0.2) is 0 Å². The number of anilines is 1. The minimum atomic E-state index is -3.67. The summed E-state index contributed by atoms with van der Waals surface area (Å²) in [6.07, 6.45) is 4.86. The van der Waals surface area contributed by atoms with E-state index in [9.17, 15) is 8.42 Å². The lowest BCUT2D eigenvalue weighted by Gasteiger charge is -2.29. The first-order valence-electron chi connectivity index (χ1n) is 6.94. The zero-order valence-corrected chi connectivity index (χ0v) is 12.1. The molecule has 1 aromatic rings.